The average molecular weight is 313 g/mol. The average Bonchev–Trinajstić information content (AvgIpc) is 2.97. The molecule has 3 rings (SSSR count). The van der Waals surface area contributed by atoms with Crippen LogP contribution in [0, 0.1) is 0 Å². The third-order valence-corrected chi connectivity index (χ3v) is 4.41. The number of hydrogen-bond donors (Lipinski definition) is 0. The number of carbonyl (C=O) groups is 1. The van der Waals surface area contributed by atoms with Crippen molar-refractivity contribution in [3.05, 3.63) is 33.6 Å². The van der Waals surface area contributed by atoms with E-state index in [1.807, 2.05) is 11.4 Å². The van der Waals surface area contributed by atoms with Gasteiger partial charge in [0, 0.05) is 28.9 Å². The van der Waals surface area contributed by atoms with E-state index >= 15 is 0 Å². The first-order valence-corrected chi connectivity index (χ1v) is 7.50. The molecule has 1 aromatic carbocycles. The molecule has 19 heavy (non-hydrogen) atoms. The topological polar surface area (TPSA) is 33.2 Å². The van der Waals surface area contributed by atoms with Crippen LogP contribution in [0.3, 0.4) is 0 Å². The SMILES string of the molecule is O=C1CCCN1c1nc(-c2ccc(Cl)cc2Cl)cs1. The van der Waals surface area contributed by atoms with Gasteiger partial charge in [-0.15, -0.1) is 11.3 Å². The molecule has 1 aromatic heterocycles. The third-order valence-electron chi connectivity index (χ3n) is 3.00. The van der Waals surface area contributed by atoms with Crippen LogP contribution in [0.25, 0.3) is 11.3 Å². The Morgan fingerprint density at radius 3 is 2.84 bits per heavy atom. The van der Waals surface area contributed by atoms with E-state index in [2.05, 4.69) is 4.98 Å². The molecule has 6 heteroatoms. The molecule has 1 aliphatic rings. The Balaban J connectivity index is 1.94. The van der Waals surface area contributed by atoms with E-state index in [9.17, 15) is 4.79 Å². The second-order valence-electron chi connectivity index (χ2n) is 4.29. The van der Waals surface area contributed by atoms with E-state index in [4.69, 9.17) is 23.2 Å². The van der Waals surface area contributed by atoms with Crippen molar-refractivity contribution >= 4 is 45.6 Å². The number of carbonyl (C=O) groups excluding carboxylic acids is 1. The summed E-state index contributed by atoms with van der Waals surface area (Å²) in [6.45, 7) is 0.750. The highest BCUT2D eigenvalue weighted by molar-refractivity contribution is 7.14. The van der Waals surface area contributed by atoms with Gasteiger partial charge in [-0.05, 0) is 24.6 Å². The number of hydrogen-bond acceptors (Lipinski definition) is 3. The molecule has 0 spiro atoms. The quantitative estimate of drug-likeness (QED) is 0.830. The van der Waals surface area contributed by atoms with E-state index in [1.54, 1.807) is 17.0 Å². The highest BCUT2D eigenvalue weighted by Crippen LogP contribution is 2.34. The Morgan fingerprint density at radius 2 is 2.16 bits per heavy atom. The molecule has 0 aliphatic carbocycles. The number of nitrogens with zero attached hydrogens (tertiary/aromatic N) is 2. The van der Waals surface area contributed by atoms with Crippen LogP contribution in [0.4, 0.5) is 5.13 Å². The van der Waals surface area contributed by atoms with E-state index in [1.165, 1.54) is 11.3 Å². The molecule has 2 heterocycles. The van der Waals surface area contributed by atoms with Crippen LogP contribution in [0.1, 0.15) is 12.8 Å². The molecule has 1 aliphatic heterocycles. The molecule has 1 saturated heterocycles. The van der Waals surface area contributed by atoms with Crippen molar-refractivity contribution in [2.75, 3.05) is 11.4 Å². The molecule has 0 unspecified atom stereocenters. The number of thiazole rings is 1. The highest BCUT2D eigenvalue weighted by atomic mass is 35.5. The Bertz CT molecular complexity index is 641. The fourth-order valence-electron chi connectivity index (χ4n) is 2.06. The molecule has 0 bridgehead atoms. The Hall–Kier alpha value is -1.10. The first kappa shape index (κ1) is 12.9. The minimum absolute atomic E-state index is 0.142. The first-order valence-electron chi connectivity index (χ1n) is 5.86. The normalized spacial score (nSPS) is 15.3. The van der Waals surface area contributed by atoms with Crippen molar-refractivity contribution < 1.29 is 4.79 Å². The maximum absolute atomic E-state index is 11.7. The highest BCUT2D eigenvalue weighted by Gasteiger charge is 2.24. The Morgan fingerprint density at radius 1 is 1.32 bits per heavy atom. The van der Waals surface area contributed by atoms with Crippen LogP contribution in [0.2, 0.25) is 10.0 Å². The van der Waals surface area contributed by atoms with Gasteiger partial charge in [0.15, 0.2) is 5.13 Å². The predicted molar refractivity (Wildman–Crippen MR) is 79.2 cm³/mol. The molecule has 0 atom stereocenters. The standard InChI is InChI=1S/C13H10Cl2N2OS/c14-8-3-4-9(10(15)6-8)11-7-19-13(16-11)17-5-1-2-12(17)18/h3-4,6-7H,1-2,5H2. The van der Waals surface area contributed by atoms with Crippen LogP contribution in [0.5, 0.6) is 0 Å². The largest absolute Gasteiger partial charge is 0.288 e. The number of amides is 1. The predicted octanol–water partition coefficient (Wildman–Crippen LogP) is 4.24. The lowest BCUT2D eigenvalue weighted by Crippen LogP contribution is -2.23. The number of rotatable bonds is 2. The molecule has 98 valence electrons. The summed E-state index contributed by atoms with van der Waals surface area (Å²) in [6, 6.07) is 5.32. The smallest absolute Gasteiger partial charge is 0.228 e. The monoisotopic (exact) mass is 312 g/mol. The van der Waals surface area contributed by atoms with Gasteiger partial charge >= 0.3 is 0 Å². The molecular formula is C13H10Cl2N2OS. The minimum Gasteiger partial charge on any atom is -0.288 e. The van der Waals surface area contributed by atoms with E-state index in [0.717, 1.165) is 29.4 Å². The summed E-state index contributed by atoms with van der Waals surface area (Å²) in [6.07, 6.45) is 1.51. The molecule has 2 aromatic rings. The van der Waals surface area contributed by atoms with Crippen molar-refractivity contribution in [3.63, 3.8) is 0 Å². The zero-order chi connectivity index (χ0) is 13.4. The van der Waals surface area contributed by atoms with Gasteiger partial charge in [-0.1, -0.05) is 23.2 Å². The van der Waals surface area contributed by atoms with Crippen molar-refractivity contribution in [1.29, 1.82) is 0 Å². The second kappa shape index (κ2) is 5.12. The van der Waals surface area contributed by atoms with Gasteiger partial charge in [0.2, 0.25) is 5.91 Å². The van der Waals surface area contributed by atoms with Crippen molar-refractivity contribution in [2.24, 2.45) is 0 Å². The molecule has 1 fully saturated rings. The summed E-state index contributed by atoms with van der Waals surface area (Å²) in [5.41, 5.74) is 1.61. The fraction of sp³-hybridized carbons (Fsp3) is 0.231. The molecule has 1 amide bonds. The van der Waals surface area contributed by atoms with Gasteiger partial charge in [0.25, 0.3) is 0 Å². The summed E-state index contributed by atoms with van der Waals surface area (Å²) >= 11 is 13.5. The zero-order valence-corrected chi connectivity index (χ0v) is 12.2. The molecule has 3 nitrogen and oxygen atoms in total. The van der Waals surface area contributed by atoms with E-state index in [0.29, 0.717) is 16.5 Å². The maximum atomic E-state index is 11.7. The Labute approximate surface area is 124 Å². The van der Waals surface area contributed by atoms with Gasteiger partial charge in [-0.25, -0.2) is 4.98 Å². The second-order valence-corrected chi connectivity index (χ2v) is 5.97. The number of benzene rings is 1. The summed E-state index contributed by atoms with van der Waals surface area (Å²) in [4.78, 5) is 17.9. The zero-order valence-electron chi connectivity index (χ0n) is 9.90. The van der Waals surface area contributed by atoms with Crippen LogP contribution in [0.15, 0.2) is 23.6 Å². The lowest BCUT2D eigenvalue weighted by molar-refractivity contribution is -0.117. The van der Waals surface area contributed by atoms with Gasteiger partial charge < -0.3 is 0 Å². The molecule has 0 N–H and O–H groups in total. The fourth-order valence-corrected chi connectivity index (χ4v) is 3.43. The van der Waals surface area contributed by atoms with Crippen LogP contribution in [-0.2, 0) is 4.79 Å². The summed E-state index contributed by atoms with van der Waals surface area (Å²) in [5.74, 6) is 0.142. The molecule has 0 radical (unpaired) electrons. The van der Waals surface area contributed by atoms with E-state index < -0.39 is 0 Å². The summed E-state index contributed by atoms with van der Waals surface area (Å²) in [7, 11) is 0. The van der Waals surface area contributed by atoms with Crippen LogP contribution < -0.4 is 4.90 Å². The van der Waals surface area contributed by atoms with Gasteiger partial charge in [0.05, 0.1) is 10.7 Å². The first-order chi connectivity index (χ1) is 9.15. The lowest BCUT2D eigenvalue weighted by Gasteiger charge is -2.10. The Kier molecular flexibility index (Phi) is 3.48. The van der Waals surface area contributed by atoms with E-state index in [-0.39, 0.29) is 5.91 Å². The van der Waals surface area contributed by atoms with Crippen LogP contribution >= 0.6 is 34.5 Å². The summed E-state index contributed by atoms with van der Waals surface area (Å²) in [5, 5.41) is 3.82. The number of halogens is 2. The van der Waals surface area contributed by atoms with Crippen LogP contribution in [-0.4, -0.2) is 17.4 Å². The maximum Gasteiger partial charge on any atom is 0.228 e. The molecule has 0 saturated carbocycles. The van der Waals surface area contributed by atoms with Gasteiger partial charge in [0.1, 0.15) is 0 Å². The van der Waals surface area contributed by atoms with Gasteiger partial charge in [-0.2, -0.15) is 0 Å². The third kappa shape index (κ3) is 2.48. The van der Waals surface area contributed by atoms with Gasteiger partial charge in [-0.3, -0.25) is 9.69 Å². The summed E-state index contributed by atoms with van der Waals surface area (Å²) < 4.78 is 0. The minimum atomic E-state index is 0.142. The van der Waals surface area contributed by atoms with Crippen molar-refractivity contribution in [2.45, 2.75) is 12.8 Å². The van der Waals surface area contributed by atoms with Crippen molar-refractivity contribution in [3.8, 4) is 11.3 Å². The number of anilines is 1. The lowest BCUT2D eigenvalue weighted by atomic mass is 10.2. The van der Waals surface area contributed by atoms with Crippen molar-refractivity contribution in [1.82, 2.24) is 4.98 Å². The number of aromatic nitrogens is 1. The molecular weight excluding hydrogens is 303 g/mol.